The SMILES string of the molecule is CC(CCl)C(=O)N(C)CC1CC1C. The molecule has 1 fully saturated rings. The molecule has 0 aromatic carbocycles. The molecule has 13 heavy (non-hydrogen) atoms. The number of nitrogens with zero attached hydrogens (tertiary/aromatic N) is 1. The van der Waals surface area contributed by atoms with E-state index in [0.29, 0.717) is 5.88 Å². The van der Waals surface area contributed by atoms with E-state index >= 15 is 0 Å². The summed E-state index contributed by atoms with van der Waals surface area (Å²) in [5.41, 5.74) is 0. The van der Waals surface area contributed by atoms with Crippen molar-refractivity contribution < 1.29 is 4.79 Å². The molecule has 1 aliphatic rings. The van der Waals surface area contributed by atoms with E-state index in [1.165, 1.54) is 6.42 Å². The number of hydrogen-bond acceptors (Lipinski definition) is 1. The number of hydrogen-bond donors (Lipinski definition) is 0. The maximum Gasteiger partial charge on any atom is 0.226 e. The average molecular weight is 204 g/mol. The van der Waals surface area contributed by atoms with Gasteiger partial charge in [-0.2, -0.15) is 0 Å². The predicted octanol–water partition coefficient (Wildman–Crippen LogP) is 1.98. The van der Waals surface area contributed by atoms with Crippen LogP contribution in [0.5, 0.6) is 0 Å². The van der Waals surface area contributed by atoms with Crippen LogP contribution >= 0.6 is 11.6 Å². The number of carbonyl (C=O) groups is 1. The highest BCUT2D eigenvalue weighted by Crippen LogP contribution is 2.38. The molecule has 0 saturated heterocycles. The summed E-state index contributed by atoms with van der Waals surface area (Å²) in [5.74, 6) is 2.09. The second kappa shape index (κ2) is 4.32. The Morgan fingerprint density at radius 1 is 1.69 bits per heavy atom. The minimum atomic E-state index is -0.0410. The highest BCUT2D eigenvalue weighted by atomic mass is 35.5. The number of amides is 1. The van der Waals surface area contributed by atoms with Crippen LogP contribution < -0.4 is 0 Å². The molecular weight excluding hydrogens is 186 g/mol. The van der Waals surface area contributed by atoms with Gasteiger partial charge in [0.05, 0.1) is 0 Å². The van der Waals surface area contributed by atoms with Crippen molar-refractivity contribution >= 4 is 17.5 Å². The molecule has 1 saturated carbocycles. The van der Waals surface area contributed by atoms with Crippen LogP contribution in [0.15, 0.2) is 0 Å². The van der Waals surface area contributed by atoms with Crippen molar-refractivity contribution in [3.63, 3.8) is 0 Å². The lowest BCUT2D eigenvalue weighted by Gasteiger charge is -2.20. The summed E-state index contributed by atoms with van der Waals surface area (Å²) in [6.07, 6.45) is 1.27. The van der Waals surface area contributed by atoms with Crippen LogP contribution in [0, 0.1) is 17.8 Å². The fourth-order valence-electron chi connectivity index (χ4n) is 1.54. The maximum absolute atomic E-state index is 11.6. The molecular formula is C10H18ClNO. The Balaban J connectivity index is 2.29. The first kappa shape index (κ1) is 10.8. The Morgan fingerprint density at radius 3 is 2.62 bits per heavy atom. The molecule has 1 aliphatic carbocycles. The van der Waals surface area contributed by atoms with Crippen molar-refractivity contribution in [2.45, 2.75) is 20.3 Å². The Bertz CT molecular complexity index is 195. The van der Waals surface area contributed by atoms with Crippen molar-refractivity contribution in [2.24, 2.45) is 17.8 Å². The van der Waals surface area contributed by atoms with Crippen LogP contribution in [-0.2, 0) is 4.79 Å². The Labute approximate surface area is 85.2 Å². The van der Waals surface area contributed by atoms with Gasteiger partial charge in [-0.1, -0.05) is 13.8 Å². The van der Waals surface area contributed by atoms with E-state index < -0.39 is 0 Å². The molecule has 76 valence electrons. The summed E-state index contributed by atoms with van der Waals surface area (Å²) in [5, 5.41) is 0. The monoisotopic (exact) mass is 203 g/mol. The minimum absolute atomic E-state index is 0.0410. The van der Waals surface area contributed by atoms with Crippen LogP contribution in [0.1, 0.15) is 20.3 Å². The van der Waals surface area contributed by atoms with Crippen molar-refractivity contribution in [1.82, 2.24) is 4.90 Å². The van der Waals surface area contributed by atoms with Gasteiger partial charge >= 0.3 is 0 Å². The fourth-order valence-corrected chi connectivity index (χ4v) is 1.67. The zero-order chi connectivity index (χ0) is 10.0. The molecule has 0 radical (unpaired) electrons. The van der Waals surface area contributed by atoms with Crippen LogP contribution in [0.3, 0.4) is 0 Å². The van der Waals surface area contributed by atoms with Gasteiger partial charge in [0.15, 0.2) is 0 Å². The maximum atomic E-state index is 11.6. The van der Waals surface area contributed by atoms with Crippen molar-refractivity contribution in [1.29, 1.82) is 0 Å². The number of carbonyl (C=O) groups excluding carboxylic acids is 1. The summed E-state index contributed by atoms with van der Waals surface area (Å²) in [6.45, 7) is 5.01. The summed E-state index contributed by atoms with van der Waals surface area (Å²) < 4.78 is 0. The molecule has 0 bridgehead atoms. The highest BCUT2D eigenvalue weighted by Gasteiger charge is 2.34. The van der Waals surface area contributed by atoms with E-state index in [-0.39, 0.29) is 11.8 Å². The molecule has 0 aromatic heterocycles. The van der Waals surface area contributed by atoms with Gasteiger partial charge in [0.25, 0.3) is 0 Å². The number of halogens is 1. The van der Waals surface area contributed by atoms with Crippen molar-refractivity contribution in [3.8, 4) is 0 Å². The highest BCUT2D eigenvalue weighted by molar-refractivity contribution is 6.19. The largest absolute Gasteiger partial charge is 0.345 e. The topological polar surface area (TPSA) is 20.3 Å². The second-order valence-electron chi connectivity index (χ2n) is 4.25. The molecule has 0 aliphatic heterocycles. The Kier molecular flexibility index (Phi) is 3.60. The number of alkyl halides is 1. The molecule has 1 amide bonds. The van der Waals surface area contributed by atoms with Gasteiger partial charge in [-0.25, -0.2) is 0 Å². The van der Waals surface area contributed by atoms with Gasteiger partial charge in [0.2, 0.25) is 5.91 Å². The van der Waals surface area contributed by atoms with Crippen LogP contribution in [0.25, 0.3) is 0 Å². The molecule has 3 atom stereocenters. The summed E-state index contributed by atoms with van der Waals surface area (Å²) in [7, 11) is 1.87. The van der Waals surface area contributed by atoms with Crippen LogP contribution in [-0.4, -0.2) is 30.3 Å². The fraction of sp³-hybridized carbons (Fsp3) is 0.900. The lowest BCUT2D eigenvalue weighted by Crippen LogP contribution is -2.34. The minimum Gasteiger partial charge on any atom is -0.345 e. The summed E-state index contributed by atoms with van der Waals surface area (Å²) in [4.78, 5) is 13.4. The van der Waals surface area contributed by atoms with Gasteiger partial charge in [0.1, 0.15) is 0 Å². The number of rotatable bonds is 4. The molecule has 0 spiro atoms. The molecule has 2 nitrogen and oxygen atoms in total. The van der Waals surface area contributed by atoms with E-state index in [2.05, 4.69) is 6.92 Å². The third kappa shape index (κ3) is 2.87. The van der Waals surface area contributed by atoms with E-state index in [1.54, 1.807) is 0 Å². The zero-order valence-electron chi connectivity index (χ0n) is 8.59. The van der Waals surface area contributed by atoms with Gasteiger partial charge in [-0.05, 0) is 18.3 Å². The van der Waals surface area contributed by atoms with Gasteiger partial charge in [0, 0.05) is 25.4 Å². The lowest BCUT2D eigenvalue weighted by molar-refractivity contribution is -0.133. The first-order valence-electron chi connectivity index (χ1n) is 4.87. The van der Waals surface area contributed by atoms with E-state index in [4.69, 9.17) is 11.6 Å². The lowest BCUT2D eigenvalue weighted by atomic mass is 10.2. The van der Waals surface area contributed by atoms with Crippen molar-refractivity contribution in [3.05, 3.63) is 0 Å². The van der Waals surface area contributed by atoms with E-state index in [0.717, 1.165) is 18.4 Å². The third-order valence-corrected chi connectivity index (χ3v) is 3.28. The van der Waals surface area contributed by atoms with Crippen LogP contribution in [0.4, 0.5) is 0 Å². The second-order valence-corrected chi connectivity index (χ2v) is 4.56. The summed E-state index contributed by atoms with van der Waals surface area (Å²) >= 11 is 5.62. The molecule has 0 aromatic rings. The Hall–Kier alpha value is -0.240. The van der Waals surface area contributed by atoms with E-state index in [1.807, 2.05) is 18.9 Å². The quantitative estimate of drug-likeness (QED) is 0.640. The molecule has 0 heterocycles. The van der Waals surface area contributed by atoms with Gasteiger partial charge in [-0.15, -0.1) is 11.6 Å². The third-order valence-electron chi connectivity index (χ3n) is 2.81. The molecule has 0 N–H and O–H groups in total. The molecule has 1 rings (SSSR count). The predicted molar refractivity (Wildman–Crippen MR) is 54.8 cm³/mol. The zero-order valence-corrected chi connectivity index (χ0v) is 9.34. The summed E-state index contributed by atoms with van der Waals surface area (Å²) in [6, 6.07) is 0. The van der Waals surface area contributed by atoms with Gasteiger partial charge < -0.3 is 4.90 Å². The molecule has 3 unspecified atom stereocenters. The van der Waals surface area contributed by atoms with Gasteiger partial charge in [-0.3, -0.25) is 4.79 Å². The Morgan fingerprint density at radius 2 is 2.23 bits per heavy atom. The van der Waals surface area contributed by atoms with E-state index in [9.17, 15) is 4.79 Å². The standard InChI is InChI=1S/C10H18ClNO/c1-7-4-9(7)6-12(3)10(13)8(2)5-11/h7-9H,4-6H2,1-3H3. The van der Waals surface area contributed by atoms with Crippen LogP contribution in [0.2, 0.25) is 0 Å². The average Bonchev–Trinajstić information content (AvgIpc) is 2.79. The first-order chi connectivity index (χ1) is 6.06. The normalized spacial score (nSPS) is 28.3. The smallest absolute Gasteiger partial charge is 0.226 e. The first-order valence-corrected chi connectivity index (χ1v) is 5.40. The van der Waals surface area contributed by atoms with Crippen molar-refractivity contribution in [2.75, 3.05) is 19.5 Å². The molecule has 3 heteroatoms.